The van der Waals surface area contributed by atoms with Gasteiger partial charge in [0, 0.05) is 30.4 Å². The Morgan fingerprint density at radius 2 is 2.06 bits per heavy atom. The molecule has 1 unspecified atom stereocenters. The van der Waals surface area contributed by atoms with E-state index in [0.29, 0.717) is 11.5 Å². The van der Waals surface area contributed by atoms with Crippen molar-refractivity contribution in [2.75, 3.05) is 6.54 Å². The van der Waals surface area contributed by atoms with Crippen molar-refractivity contribution in [3.05, 3.63) is 17.0 Å². The van der Waals surface area contributed by atoms with Gasteiger partial charge in [-0.2, -0.15) is 5.10 Å². The maximum absolute atomic E-state index is 4.60. The average Bonchev–Trinajstić information content (AvgIpc) is 2.59. The molecule has 1 heterocycles. The number of aromatic nitrogens is 2. The lowest BCUT2D eigenvalue weighted by molar-refractivity contribution is 0.152. The molecule has 2 rings (SSSR count). The highest BCUT2D eigenvalue weighted by molar-refractivity contribution is 5.27. The Hall–Kier alpha value is -0.830. The first-order valence-corrected chi connectivity index (χ1v) is 7.24. The summed E-state index contributed by atoms with van der Waals surface area (Å²) in [7, 11) is 0. The van der Waals surface area contributed by atoms with Crippen LogP contribution in [0.15, 0.2) is 0 Å². The lowest BCUT2D eigenvalue weighted by Gasteiger charge is -2.39. The van der Waals surface area contributed by atoms with Crippen LogP contribution in [0.5, 0.6) is 0 Å². The third-order valence-corrected chi connectivity index (χ3v) is 4.57. The second-order valence-electron chi connectivity index (χ2n) is 6.17. The van der Waals surface area contributed by atoms with Gasteiger partial charge in [-0.25, -0.2) is 0 Å². The summed E-state index contributed by atoms with van der Waals surface area (Å²) in [6.45, 7) is 13.2. The molecule has 1 aromatic heterocycles. The van der Waals surface area contributed by atoms with Gasteiger partial charge in [-0.1, -0.05) is 13.3 Å². The molecule has 0 saturated heterocycles. The first kappa shape index (κ1) is 13.6. The first-order valence-electron chi connectivity index (χ1n) is 7.24. The van der Waals surface area contributed by atoms with Gasteiger partial charge in [0.15, 0.2) is 0 Å². The predicted molar refractivity (Wildman–Crippen MR) is 75.8 cm³/mol. The van der Waals surface area contributed by atoms with E-state index in [0.717, 1.165) is 13.1 Å². The van der Waals surface area contributed by atoms with E-state index in [2.05, 4.69) is 49.7 Å². The molecule has 3 nitrogen and oxygen atoms in total. The van der Waals surface area contributed by atoms with Crippen LogP contribution in [-0.4, -0.2) is 16.3 Å². The molecule has 0 aromatic carbocycles. The number of nitrogens with zero attached hydrogens (tertiary/aromatic N) is 2. The van der Waals surface area contributed by atoms with Crippen LogP contribution in [0, 0.1) is 19.3 Å². The van der Waals surface area contributed by atoms with E-state index < -0.39 is 0 Å². The van der Waals surface area contributed by atoms with Gasteiger partial charge in [0.25, 0.3) is 0 Å². The van der Waals surface area contributed by atoms with Crippen molar-refractivity contribution in [1.29, 1.82) is 0 Å². The van der Waals surface area contributed by atoms with Crippen LogP contribution in [0.3, 0.4) is 0 Å². The van der Waals surface area contributed by atoms with E-state index >= 15 is 0 Å². The van der Waals surface area contributed by atoms with Gasteiger partial charge in [-0.15, -0.1) is 0 Å². The molecule has 0 amide bonds. The molecule has 1 atom stereocenters. The lowest BCUT2D eigenvalue weighted by Crippen LogP contribution is -2.38. The molecular weight excluding hydrogens is 222 g/mol. The molecule has 0 radical (unpaired) electrons. The molecule has 1 aliphatic carbocycles. The highest BCUT2D eigenvalue weighted by Gasteiger charge is 2.32. The quantitative estimate of drug-likeness (QED) is 0.867. The minimum atomic E-state index is 0.405. The number of hydrogen-bond acceptors (Lipinski definition) is 2. The monoisotopic (exact) mass is 249 g/mol. The summed E-state index contributed by atoms with van der Waals surface area (Å²) in [4.78, 5) is 0. The fourth-order valence-electron chi connectivity index (χ4n) is 3.10. The van der Waals surface area contributed by atoms with Crippen molar-refractivity contribution in [1.82, 2.24) is 15.1 Å². The van der Waals surface area contributed by atoms with Gasteiger partial charge in [-0.3, -0.25) is 4.68 Å². The molecule has 1 aromatic rings. The highest BCUT2D eigenvalue weighted by atomic mass is 15.3. The third-order valence-electron chi connectivity index (χ3n) is 4.57. The number of rotatable bonds is 5. The number of nitrogens with one attached hydrogen (secondary N) is 1. The Balaban J connectivity index is 2.04. The third kappa shape index (κ3) is 2.46. The summed E-state index contributed by atoms with van der Waals surface area (Å²) in [5.74, 6) is 0. The molecule has 1 aliphatic rings. The number of hydrogen-bond donors (Lipinski definition) is 1. The standard InChI is InChI=1S/C15H27N3/c1-6-18-13(4)14(12(3)17-18)11(2)16-10-15(5)8-7-9-15/h11,16H,6-10H2,1-5H3. The Morgan fingerprint density at radius 1 is 1.39 bits per heavy atom. The summed E-state index contributed by atoms with van der Waals surface area (Å²) in [5.41, 5.74) is 4.42. The number of aryl methyl sites for hydroxylation is 2. The van der Waals surface area contributed by atoms with Crippen LogP contribution in [0.2, 0.25) is 0 Å². The van der Waals surface area contributed by atoms with Crippen LogP contribution in [0.1, 0.15) is 63.0 Å². The average molecular weight is 249 g/mol. The van der Waals surface area contributed by atoms with Gasteiger partial charge in [0.05, 0.1) is 5.69 Å². The summed E-state index contributed by atoms with van der Waals surface area (Å²) in [6.07, 6.45) is 4.15. The van der Waals surface area contributed by atoms with Crippen LogP contribution in [0.4, 0.5) is 0 Å². The van der Waals surface area contributed by atoms with Gasteiger partial charge >= 0.3 is 0 Å². The van der Waals surface area contributed by atoms with E-state index in [-0.39, 0.29) is 0 Å². The van der Waals surface area contributed by atoms with E-state index in [1.54, 1.807) is 0 Å². The summed E-state index contributed by atoms with van der Waals surface area (Å²) in [6, 6.07) is 0.405. The van der Waals surface area contributed by atoms with Crippen molar-refractivity contribution in [3.8, 4) is 0 Å². The van der Waals surface area contributed by atoms with Crippen LogP contribution in [-0.2, 0) is 6.54 Å². The maximum atomic E-state index is 4.60. The van der Waals surface area contributed by atoms with Crippen LogP contribution in [0.25, 0.3) is 0 Å². The zero-order valence-electron chi connectivity index (χ0n) is 12.5. The Morgan fingerprint density at radius 3 is 2.50 bits per heavy atom. The molecule has 18 heavy (non-hydrogen) atoms. The molecular formula is C15H27N3. The fraction of sp³-hybridized carbons (Fsp3) is 0.800. The van der Waals surface area contributed by atoms with Crippen LogP contribution >= 0.6 is 0 Å². The van der Waals surface area contributed by atoms with Gasteiger partial charge in [0.2, 0.25) is 0 Å². The first-order chi connectivity index (χ1) is 8.47. The molecule has 1 N–H and O–H groups in total. The van der Waals surface area contributed by atoms with Crippen molar-refractivity contribution in [3.63, 3.8) is 0 Å². The van der Waals surface area contributed by atoms with E-state index in [9.17, 15) is 0 Å². The minimum Gasteiger partial charge on any atom is -0.310 e. The summed E-state index contributed by atoms with van der Waals surface area (Å²) >= 11 is 0. The molecule has 0 bridgehead atoms. The van der Waals surface area contributed by atoms with Crippen LogP contribution < -0.4 is 5.32 Å². The largest absolute Gasteiger partial charge is 0.310 e. The normalized spacial score (nSPS) is 19.6. The topological polar surface area (TPSA) is 29.9 Å². The summed E-state index contributed by atoms with van der Waals surface area (Å²) in [5, 5.41) is 8.31. The zero-order chi connectivity index (χ0) is 13.3. The predicted octanol–water partition coefficient (Wildman–Crippen LogP) is 3.36. The molecule has 3 heteroatoms. The van der Waals surface area contributed by atoms with Gasteiger partial charge in [0.1, 0.15) is 0 Å². The van der Waals surface area contributed by atoms with Gasteiger partial charge < -0.3 is 5.32 Å². The molecule has 102 valence electrons. The Bertz CT molecular complexity index is 416. The minimum absolute atomic E-state index is 0.405. The van der Waals surface area contributed by atoms with E-state index in [1.165, 1.54) is 36.2 Å². The SMILES string of the molecule is CCn1nc(C)c(C(C)NCC2(C)CCC2)c1C. The second kappa shape index (κ2) is 5.04. The Kier molecular flexibility index (Phi) is 3.81. The lowest BCUT2D eigenvalue weighted by atomic mass is 9.70. The molecule has 1 fully saturated rings. The maximum Gasteiger partial charge on any atom is 0.0644 e. The van der Waals surface area contributed by atoms with Crippen molar-refractivity contribution in [2.24, 2.45) is 5.41 Å². The smallest absolute Gasteiger partial charge is 0.0644 e. The Labute approximate surface area is 111 Å². The summed E-state index contributed by atoms with van der Waals surface area (Å²) < 4.78 is 2.11. The van der Waals surface area contributed by atoms with E-state index in [4.69, 9.17) is 0 Å². The fourth-order valence-corrected chi connectivity index (χ4v) is 3.10. The molecule has 1 saturated carbocycles. The molecule has 0 aliphatic heterocycles. The van der Waals surface area contributed by atoms with Crippen molar-refractivity contribution in [2.45, 2.75) is 66.5 Å². The second-order valence-corrected chi connectivity index (χ2v) is 6.17. The molecule has 0 spiro atoms. The zero-order valence-corrected chi connectivity index (χ0v) is 12.5. The van der Waals surface area contributed by atoms with Crippen molar-refractivity contribution >= 4 is 0 Å². The van der Waals surface area contributed by atoms with Crippen molar-refractivity contribution < 1.29 is 0 Å². The van der Waals surface area contributed by atoms with E-state index in [1.807, 2.05) is 0 Å². The highest BCUT2D eigenvalue weighted by Crippen LogP contribution is 2.40. The van der Waals surface area contributed by atoms with Gasteiger partial charge in [-0.05, 0) is 46.0 Å².